The number of imidazole rings is 1. The van der Waals surface area contributed by atoms with E-state index in [0.717, 1.165) is 11.1 Å². The van der Waals surface area contributed by atoms with Gasteiger partial charge in [-0.05, 0) is 25.0 Å². The van der Waals surface area contributed by atoms with Gasteiger partial charge in [-0.25, -0.2) is 9.97 Å². The van der Waals surface area contributed by atoms with E-state index in [2.05, 4.69) is 9.97 Å². The molecule has 0 radical (unpaired) electrons. The van der Waals surface area contributed by atoms with Gasteiger partial charge in [0.15, 0.2) is 5.65 Å². The molecule has 0 aliphatic rings. The summed E-state index contributed by atoms with van der Waals surface area (Å²) in [6, 6.07) is 1.83. The number of aryl methyl sites for hydroxylation is 3. The fraction of sp³-hybridized carbons (Fsp3) is 0.538. The van der Waals surface area contributed by atoms with E-state index in [-0.39, 0.29) is 13.0 Å². The monoisotopic (exact) mass is 305 g/mol. The van der Waals surface area contributed by atoms with Crippen molar-refractivity contribution in [3.8, 4) is 0 Å². The summed E-state index contributed by atoms with van der Waals surface area (Å²) >= 11 is 5.73. The molecule has 0 aliphatic heterocycles. The van der Waals surface area contributed by atoms with Crippen LogP contribution in [0.4, 0.5) is 13.2 Å². The van der Waals surface area contributed by atoms with Crippen molar-refractivity contribution < 1.29 is 13.2 Å². The Morgan fingerprint density at radius 3 is 2.75 bits per heavy atom. The molecule has 0 aromatic carbocycles. The summed E-state index contributed by atoms with van der Waals surface area (Å²) in [5.41, 5.74) is 2.33. The molecule has 0 amide bonds. The lowest BCUT2D eigenvalue weighted by Crippen LogP contribution is -2.11. The number of aromatic nitrogens is 3. The lowest BCUT2D eigenvalue weighted by molar-refractivity contribution is -0.135. The van der Waals surface area contributed by atoms with Gasteiger partial charge in [0, 0.05) is 31.5 Å². The van der Waals surface area contributed by atoms with E-state index in [0.29, 0.717) is 23.8 Å². The molecular formula is C13H15ClF3N3. The van der Waals surface area contributed by atoms with E-state index < -0.39 is 12.6 Å². The number of hydrogen-bond acceptors (Lipinski definition) is 2. The zero-order valence-corrected chi connectivity index (χ0v) is 11.8. The van der Waals surface area contributed by atoms with E-state index in [4.69, 9.17) is 11.6 Å². The van der Waals surface area contributed by atoms with Crippen molar-refractivity contribution in [2.75, 3.05) is 5.88 Å². The van der Waals surface area contributed by atoms with Crippen LogP contribution >= 0.6 is 11.6 Å². The van der Waals surface area contributed by atoms with Gasteiger partial charge in [-0.1, -0.05) is 0 Å². The molecule has 2 heterocycles. The van der Waals surface area contributed by atoms with Crippen LogP contribution in [-0.4, -0.2) is 26.6 Å². The molecule has 0 bridgehead atoms. The Labute approximate surface area is 119 Å². The minimum atomic E-state index is -4.13. The SMILES string of the molecule is Cc1ccnc2c1nc(CCCl)n2CCCC(F)(F)F. The highest BCUT2D eigenvalue weighted by molar-refractivity contribution is 6.17. The van der Waals surface area contributed by atoms with Crippen molar-refractivity contribution in [1.82, 2.24) is 14.5 Å². The zero-order valence-electron chi connectivity index (χ0n) is 11.0. The van der Waals surface area contributed by atoms with Gasteiger partial charge in [-0.15, -0.1) is 11.6 Å². The normalized spacial score (nSPS) is 12.2. The molecular weight excluding hydrogens is 291 g/mol. The molecule has 2 rings (SSSR count). The van der Waals surface area contributed by atoms with E-state index in [9.17, 15) is 13.2 Å². The van der Waals surface area contributed by atoms with Gasteiger partial charge in [-0.3, -0.25) is 0 Å². The molecule has 0 N–H and O–H groups in total. The summed E-state index contributed by atoms with van der Waals surface area (Å²) < 4.78 is 38.5. The maximum atomic E-state index is 12.2. The van der Waals surface area contributed by atoms with Crippen molar-refractivity contribution in [2.45, 2.75) is 38.9 Å². The summed E-state index contributed by atoms with van der Waals surface area (Å²) in [7, 11) is 0. The first-order chi connectivity index (χ1) is 9.42. The van der Waals surface area contributed by atoms with E-state index >= 15 is 0 Å². The van der Waals surface area contributed by atoms with Crippen LogP contribution in [0.1, 0.15) is 24.2 Å². The van der Waals surface area contributed by atoms with Crippen LogP contribution in [0.3, 0.4) is 0 Å². The highest BCUT2D eigenvalue weighted by Gasteiger charge is 2.26. The summed E-state index contributed by atoms with van der Waals surface area (Å²) in [6.45, 7) is 2.15. The Hall–Kier alpha value is -1.30. The highest BCUT2D eigenvalue weighted by atomic mass is 35.5. The minimum Gasteiger partial charge on any atom is -0.313 e. The fourth-order valence-corrected chi connectivity index (χ4v) is 2.30. The summed E-state index contributed by atoms with van der Waals surface area (Å²) in [5, 5.41) is 0. The summed E-state index contributed by atoms with van der Waals surface area (Å²) in [6.07, 6.45) is -2.77. The second kappa shape index (κ2) is 5.99. The van der Waals surface area contributed by atoms with Gasteiger partial charge < -0.3 is 4.57 Å². The summed E-state index contributed by atoms with van der Waals surface area (Å²) in [5.74, 6) is 1.07. The average Bonchev–Trinajstić information content (AvgIpc) is 2.69. The predicted molar refractivity (Wildman–Crippen MR) is 72.0 cm³/mol. The molecule has 0 aliphatic carbocycles. The van der Waals surface area contributed by atoms with Crippen molar-refractivity contribution >= 4 is 22.8 Å². The Balaban J connectivity index is 2.29. The largest absolute Gasteiger partial charge is 0.389 e. The van der Waals surface area contributed by atoms with Crippen molar-refractivity contribution in [2.24, 2.45) is 0 Å². The first-order valence-electron chi connectivity index (χ1n) is 6.36. The van der Waals surface area contributed by atoms with Crippen molar-refractivity contribution in [3.63, 3.8) is 0 Å². The van der Waals surface area contributed by atoms with Gasteiger partial charge in [0.2, 0.25) is 0 Å². The smallest absolute Gasteiger partial charge is 0.313 e. The Kier molecular flexibility index (Phi) is 4.52. The van der Waals surface area contributed by atoms with Crippen molar-refractivity contribution in [1.29, 1.82) is 0 Å². The molecule has 2 aromatic rings. The third-order valence-electron chi connectivity index (χ3n) is 3.07. The zero-order chi connectivity index (χ0) is 14.8. The third-order valence-corrected chi connectivity index (χ3v) is 3.26. The molecule has 20 heavy (non-hydrogen) atoms. The molecule has 0 saturated heterocycles. The molecule has 2 aromatic heterocycles. The number of nitrogens with zero attached hydrogens (tertiary/aromatic N) is 3. The van der Waals surface area contributed by atoms with Gasteiger partial charge >= 0.3 is 6.18 Å². The summed E-state index contributed by atoms with van der Waals surface area (Å²) in [4.78, 5) is 8.69. The fourth-order valence-electron chi connectivity index (χ4n) is 2.13. The van der Waals surface area contributed by atoms with Gasteiger partial charge in [0.1, 0.15) is 11.3 Å². The lowest BCUT2D eigenvalue weighted by atomic mass is 10.2. The average molecular weight is 306 g/mol. The molecule has 0 unspecified atom stereocenters. The van der Waals surface area contributed by atoms with Crippen LogP contribution in [-0.2, 0) is 13.0 Å². The second-order valence-corrected chi connectivity index (χ2v) is 5.02. The standard InChI is InChI=1S/C13H15ClF3N3/c1-9-4-7-18-12-11(9)19-10(3-6-14)20(12)8-2-5-13(15,16)17/h4,7H,2-3,5-6,8H2,1H3. The van der Waals surface area contributed by atoms with Crippen LogP contribution in [0.5, 0.6) is 0 Å². The Bertz CT molecular complexity index is 592. The van der Waals surface area contributed by atoms with Gasteiger partial charge in [0.05, 0.1) is 0 Å². The van der Waals surface area contributed by atoms with Crippen LogP contribution < -0.4 is 0 Å². The number of pyridine rings is 1. The molecule has 7 heteroatoms. The van der Waals surface area contributed by atoms with E-state index in [1.54, 1.807) is 10.8 Å². The highest BCUT2D eigenvalue weighted by Crippen LogP contribution is 2.24. The van der Waals surface area contributed by atoms with Crippen LogP contribution in [0.15, 0.2) is 12.3 Å². The molecule has 3 nitrogen and oxygen atoms in total. The number of hydrogen-bond donors (Lipinski definition) is 0. The minimum absolute atomic E-state index is 0.0138. The van der Waals surface area contributed by atoms with E-state index in [1.807, 2.05) is 13.0 Å². The molecule has 0 fully saturated rings. The first kappa shape index (κ1) is 15.1. The van der Waals surface area contributed by atoms with Crippen LogP contribution in [0.2, 0.25) is 0 Å². The first-order valence-corrected chi connectivity index (χ1v) is 6.89. The van der Waals surface area contributed by atoms with Gasteiger partial charge in [-0.2, -0.15) is 13.2 Å². The molecule has 0 atom stereocenters. The van der Waals surface area contributed by atoms with E-state index in [1.165, 1.54) is 0 Å². The number of alkyl halides is 4. The Morgan fingerprint density at radius 1 is 1.35 bits per heavy atom. The predicted octanol–water partition coefficient (Wildman–Crippen LogP) is 3.86. The molecule has 0 spiro atoms. The quantitative estimate of drug-likeness (QED) is 0.785. The van der Waals surface area contributed by atoms with Crippen molar-refractivity contribution in [3.05, 3.63) is 23.7 Å². The number of rotatable bonds is 5. The molecule has 110 valence electrons. The topological polar surface area (TPSA) is 30.7 Å². The van der Waals surface area contributed by atoms with Gasteiger partial charge in [0.25, 0.3) is 0 Å². The molecule has 0 saturated carbocycles. The van der Waals surface area contributed by atoms with Crippen LogP contribution in [0.25, 0.3) is 11.2 Å². The maximum absolute atomic E-state index is 12.2. The number of halogens is 4. The Morgan fingerprint density at radius 2 is 2.10 bits per heavy atom. The third kappa shape index (κ3) is 3.42. The lowest BCUT2D eigenvalue weighted by Gasteiger charge is -2.09. The second-order valence-electron chi connectivity index (χ2n) is 4.64. The van der Waals surface area contributed by atoms with Crippen LogP contribution in [0, 0.1) is 6.92 Å². The number of fused-ring (bicyclic) bond motifs is 1. The maximum Gasteiger partial charge on any atom is 0.389 e.